The van der Waals surface area contributed by atoms with Crippen molar-refractivity contribution >= 4 is 11.8 Å². The van der Waals surface area contributed by atoms with E-state index in [1.165, 1.54) is 0 Å². The Morgan fingerprint density at radius 2 is 2.12 bits per heavy atom. The van der Waals surface area contributed by atoms with E-state index >= 15 is 0 Å². The minimum absolute atomic E-state index is 0. The molecule has 0 spiro atoms. The number of amides is 1. The van der Waals surface area contributed by atoms with Crippen molar-refractivity contribution in [3.63, 3.8) is 0 Å². The summed E-state index contributed by atoms with van der Waals surface area (Å²) in [6.07, 6.45) is 0.637. The standard InChI is InChI=1S/C4H5NO2.Na/c6-3-1-2-4(7)5-3;/h1-2H2,(H,5,6,7);/q;+1/p-1. The summed E-state index contributed by atoms with van der Waals surface area (Å²) in [6.45, 7) is 0. The van der Waals surface area contributed by atoms with Gasteiger partial charge >= 0.3 is 29.6 Å². The molecule has 0 unspecified atom stereocenters. The van der Waals surface area contributed by atoms with E-state index in [9.17, 15) is 9.90 Å². The van der Waals surface area contributed by atoms with Crippen molar-refractivity contribution < 1.29 is 39.5 Å². The third kappa shape index (κ3) is 1.94. The molecule has 1 amide bonds. The summed E-state index contributed by atoms with van der Waals surface area (Å²) in [7, 11) is 0. The smallest absolute Gasteiger partial charge is 0.862 e. The van der Waals surface area contributed by atoms with E-state index in [1.54, 1.807) is 0 Å². The molecule has 3 nitrogen and oxygen atoms in total. The van der Waals surface area contributed by atoms with Gasteiger partial charge in [-0.2, -0.15) is 0 Å². The largest absolute Gasteiger partial charge is 1.00 e. The molecule has 1 heterocycles. The maximum atomic E-state index is 10.1. The first-order chi connectivity index (χ1) is 3.29. The minimum atomic E-state index is -0.273. The molecule has 0 N–H and O–H groups in total. The second-order valence-electron chi connectivity index (χ2n) is 1.40. The fraction of sp³-hybridized carbons (Fsp3) is 0.500. The van der Waals surface area contributed by atoms with Crippen molar-refractivity contribution in [2.75, 3.05) is 0 Å². The van der Waals surface area contributed by atoms with E-state index < -0.39 is 0 Å². The third-order valence-electron chi connectivity index (χ3n) is 0.802. The zero-order valence-electron chi connectivity index (χ0n) is 4.68. The first kappa shape index (κ1) is 8.14. The van der Waals surface area contributed by atoms with Crippen LogP contribution in [0.2, 0.25) is 0 Å². The van der Waals surface area contributed by atoms with Crippen molar-refractivity contribution in [1.29, 1.82) is 0 Å². The zero-order chi connectivity index (χ0) is 5.28. The monoisotopic (exact) mass is 121 g/mol. The van der Waals surface area contributed by atoms with Crippen LogP contribution < -0.4 is 34.7 Å². The molecular weight excluding hydrogens is 117 g/mol. The quantitative estimate of drug-likeness (QED) is 0.307. The van der Waals surface area contributed by atoms with E-state index in [4.69, 9.17) is 0 Å². The van der Waals surface area contributed by atoms with Gasteiger partial charge < -0.3 is 5.11 Å². The zero-order valence-corrected chi connectivity index (χ0v) is 6.68. The molecule has 0 bridgehead atoms. The average molecular weight is 121 g/mol. The molecular formula is C4H4NNaO2. The van der Waals surface area contributed by atoms with E-state index in [0.717, 1.165) is 0 Å². The Morgan fingerprint density at radius 3 is 2.25 bits per heavy atom. The van der Waals surface area contributed by atoms with Crippen molar-refractivity contribution in [3.05, 3.63) is 0 Å². The SMILES string of the molecule is O=C1CCC([O-])=N1.[Na+]. The van der Waals surface area contributed by atoms with Gasteiger partial charge in [-0.25, -0.2) is 4.99 Å². The Balaban J connectivity index is 0.000000490. The van der Waals surface area contributed by atoms with Gasteiger partial charge in [0.2, 0.25) is 5.91 Å². The number of hydrogen-bond donors (Lipinski definition) is 0. The van der Waals surface area contributed by atoms with E-state index in [-0.39, 0.29) is 41.4 Å². The van der Waals surface area contributed by atoms with Gasteiger partial charge in [0.15, 0.2) is 0 Å². The molecule has 0 saturated carbocycles. The molecule has 0 saturated heterocycles. The molecule has 38 valence electrons. The predicted molar refractivity (Wildman–Crippen MR) is 21.7 cm³/mol. The van der Waals surface area contributed by atoms with Crippen LogP contribution in [0.3, 0.4) is 0 Å². The van der Waals surface area contributed by atoms with Gasteiger partial charge in [-0.3, -0.25) is 4.79 Å². The third-order valence-corrected chi connectivity index (χ3v) is 0.802. The molecule has 0 radical (unpaired) electrons. The van der Waals surface area contributed by atoms with Gasteiger partial charge in [-0.05, 0) is 12.3 Å². The van der Waals surface area contributed by atoms with Crippen LogP contribution in [-0.2, 0) is 4.79 Å². The van der Waals surface area contributed by atoms with Crippen molar-refractivity contribution in [1.82, 2.24) is 0 Å². The summed E-state index contributed by atoms with van der Waals surface area (Å²) in [4.78, 5) is 13.2. The van der Waals surface area contributed by atoms with Gasteiger partial charge in [-0.15, -0.1) is 0 Å². The molecule has 0 fully saturated rings. The fourth-order valence-electron chi connectivity index (χ4n) is 0.465. The van der Waals surface area contributed by atoms with Gasteiger partial charge in [-0.1, -0.05) is 0 Å². The molecule has 4 heteroatoms. The fourth-order valence-corrected chi connectivity index (χ4v) is 0.465. The molecule has 1 rings (SSSR count). The molecule has 0 aliphatic carbocycles. The minimum Gasteiger partial charge on any atom is -0.862 e. The van der Waals surface area contributed by atoms with E-state index in [2.05, 4.69) is 4.99 Å². The van der Waals surface area contributed by atoms with Gasteiger partial charge in [0, 0.05) is 6.42 Å². The maximum Gasteiger partial charge on any atom is 1.00 e. The number of nitrogens with zero attached hydrogens (tertiary/aromatic N) is 1. The summed E-state index contributed by atoms with van der Waals surface area (Å²) in [6, 6.07) is 0. The molecule has 0 aromatic rings. The van der Waals surface area contributed by atoms with Crippen LogP contribution in [0, 0.1) is 0 Å². The molecule has 0 aromatic carbocycles. The van der Waals surface area contributed by atoms with Crippen LogP contribution in [0.5, 0.6) is 0 Å². The van der Waals surface area contributed by atoms with E-state index in [1.807, 2.05) is 0 Å². The number of carbonyl (C=O) groups excluding carboxylic acids is 1. The number of aliphatic imine (C=N–C) groups is 1. The van der Waals surface area contributed by atoms with Crippen LogP contribution in [0.4, 0.5) is 0 Å². The first-order valence-electron chi connectivity index (χ1n) is 2.06. The second-order valence-corrected chi connectivity index (χ2v) is 1.40. The van der Waals surface area contributed by atoms with Crippen LogP contribution in [0.1, 0.15) is 12.8 Å². The van der Waals surface area contributed by atoms with Gasteiger partial charge in [0.25, 0.3) is 0 Å². The van der Waals surface area contributed by atoms with E-state index in [0.29, 0.717) is 12.8 Å². The van der Waals surface area contributed by atoms with Crippen LogP contribution in [0.15, 0.2) is 4.99 Å². The molecule has 0 aromatic heterocycles. The number of hydrogen-bond acceptors (Lipinski definition) is 2. The Morgan fingerprint density at radius 1 is 1.50 bits per heavy atom. The maximum absolute atomic E-state index is 10.1. The van der Waals surface area contributed by atoms with Gasteiger partial charge in [0.1, 0.15) is 0 Å². The van der Waals surface area contributed by atoms with Crippen LogP contribution in [0.25, 0.3) is 0 Å². The number of carbonyl (C=O) groups is 1. The number of rotatable bonds is 0. The summed E-state index contributed by atoms with van der Waals surface area (Å²) in [5.74, 6) is -0.546. The average Bonchev–Trinajstić information content (AvgIpc) is 1.87. The summed E-state index contributed by atoms with van der Waals surface area (Å²) < 4.78 is 0. The summed E-state index contributed by atoms with van der Waals surface area (Å²) in [5, 5.41) is 10.1. The van der Waals surface area contributed by atoms with Crippen molar-refractivity contribution in [3.8, 4) is 0 Å². The predicted octanol–water partition coefficient (Wildman–Crippen LogP) is -3.93. The first-order valence-corrected chi connectivity index (χ1v) is 2.06. The Hall–Kier alpha value is 0.140. The summed E-state index contributed by atoms with van der Waals surface area (Å²) >= 11 is 0. The topological polar surface area (TPSA) is 52.5 Å². The van der Waals surface area contributed by atoms with Crippen molar-refractivity contribution in [2.45, 2.75) is 12.8 Å². The van der Waals surface area contributed by atoms with Crippen molar-refractivity contribution in [2.24, 2.45) is 4.99 Å². The van der Waals surface area contributed by atoms with Gasteiger partial charge in [0.05, 0.1) is 0 Å². The summed E-state index contributed by atoms with van der Waals surface area (Å²) in [5.41, 5.74) is 0. The normalized spacial score (nSPS) is 17.5. The van der Waals surface area contributed by atoms with Crippen LogP contribution >= 0.6 is 0 Å². The molecule has 8 heavy (non-hydrogen) atoms. The molecule has 0 atom stereocenters. The Labute approximate surface area is 69.1 Å². The Bertz CT molecular complexity index is 132. The molecule has 1 aliphatic heterocycles. The second kappa shape index (κ2) is 3.22. The Kier molecular flexibility index (Phi) is 3.28. The van der Waals surface area contributed by atoms with Crippen LogP contribution in [-0.4, -0.2) is 11.8 Å². The molecule has 1 aliphatic rings.